The van der Waals surface area contributed by atoms with Gasteiger partial charge in [-0.25, -0.2) is 0 Å². The van der Waals surface area contributed by atoms with Gasteiger partial charge < -0.3 is 15.5 Å². The average molecular weight is 216 g/mol. The molecule has 3 nitrogen and oxygen atoms in total. The van der Waals surface area contributed by atoms with Gasteiger partial charge in [0.25, 0.3) is 0 Å². The maximum absolute atomic E-state index is 6.05. The van der Waals surface area contributed by atoms with E-state index in [1.807, 2.05) is 36.4 Å². The first-order chi connectivity index (χ1) is 7.86. The van der Waals surface area contributed by atoms with Gasteiger partial charge in [0.1, 0.15) is 0 Å². The number of hydrogen-bond acceptors (Lipinski definition) is 3. The third kappa shape index (κ3) is 2.95. The highest BCUT2D eigenvalue weighted by molar-refractivity contribution is 5.18. The molecule has 84 valence electrons. The number of benzene rings is 1. The molecule has 0 saturated carbocycles. The molecule has 1 aromatic carbocycles. The Labute approximate surface area is 95.3 Å². The third-order valence-corrected chi connectivity index (χ3v) is 2.50. The molecule has 0 unspecified atom stereocenters. The van der Waals surface area contributed by atoms with Gasteiger partial charge in [-0.2, -0.15) is 0 Å². The molecule has 0 radical (unpaired) electrons. The Morgan fingerprint density at radius 3 is 2.69 bits per heavy atom. The highest BCUT2D eigenvalue weighted by Crippen LogP contribution is 2.08. The number of furan rings is 1. The maximum atomic E-state index is 6.05. The van der Waals surface area contributed by atoms with Crippen molar-refractivity contribution in [3.05, 3.63) is 60.1 Å². The predicted molar refractivity (Wildman–Crippen MR) is 63.8 cm³/mol. The fourth-order valence-electron chi connectivity index (χ4n) is 1.58. The van der Waals surface area contributed by atoms with E-state index in [1.165, 1.54) is 0 Å². The molecule has 1 atom stereocenters. The van der Waals surface area contributed by atoms with Gasteiger partial charge in [-0.05, 0) is 11.6 Å². The first kappa shape index (κ1) is 10.9. The summed E-state index contributed by atoms with van der Waals surface area (Å²) in [6.45, 7) is 1.55. The molecule has 3 N–H and O–H groups in total. The summed E-state index contributed by atoms with van der Waals surface area (Å²) in [6.07, 6.45) is 3.41. The van der Waals surface area contributed by atoms with Crippen LogP contribution in [0.2, 0.25) is 0 Å². The first-order valence-electron chi connectivity index (χ1n) is 5.38. The van der Waals surface area contributed by atoms with Gasteiger partial charge in [0, 0.05) is 24.7 Å². The van der Waals surface area contributed by atoms with Crippen LogP contribution in [-0.4, -0.2) is 6.54 Å². The van der Waals surface area contributed by atoms with Gasteiger partial charge in [-0.3, -0.25) is 0 Å². The minimum atomic E-state index is 0.0353. The summed E-state index contributed by atoms with van der Waals surface area (Å²) in [5.41, 5.74) is 8.34. The molecule has 0 aliphatic heterocycles. The summed E-state index contributed by atoms with van der Waals surface area (Å²) >= 11 is 0. The van der Waals surface area contributed by atoms with Crippen LogP contribution in [0.1, 0.15) is 17.2 Å². The van der Waals surface area contributed by atoms with E-state index >= 15 is 0 Å². The fraction of sp³-hybridized carbons (Fsp3) is 0.231. The largest absolute Gasteiger partial charge is 0.472 e. The van der Waals surface area contributed by atoms with Crippen molar-refractivity contribution in [1.29, 1.82) is 0 Å². The SMILES string of the molecule is N[C@H](CNCc1ccoc1)c1ccccc1. The van der Waals surface area contributed by atoms with Crippen LogP contribution in [0.5, 0.6) is 0 Å². The lowest BCUT2D eigenvalue weighted by atomic mass is 10.1. The lowest BCUT2D eigenvalue weighted by Gasteiger charge is -2.12. The molecule has 0 fully saturated rings. The van der Waals surface area contributed by atoms with E-state index in [9.17, 15) is 0 Å². The number of rotatable bonds is 5. The van der Waals surface area contributed by atoms with Crippen LogP contribution in [0.15, 0.2) is 53.3 Å². The van der Waals surface area contributed by atoms with Gasteiger partial charge in [-0.1, -0.05) is 30.3 Å². The molecule has 0 spiro atoms. The molecule has 2 aromatic rings. The topological polar surface area (TPSA) is 51.2 Å². The van der Waals surface area contributed by atoms with Gasteiger partial charge in [0.05, 0.1) is 12.5 Å². The van der Waals surface area contributed by atoms with E-state index in [1.54, 1.807) is 12.5 Å². The van der Waals surface area contributed by atoms with E-state index in [-0.39, 0.29) is 6.04 Å². The van der Waals surface area contributed by atoms with E-state index in [2.05, 4.69) is 5.32 Å². The molecule has 3 heteroatoms. The molecule has 1 heterocycles. The number of hydrogen-bond donors (Lipinski definition) is 2. The zero-order valence-corrected chi connectivity index (χ0v) is 9.10. The van der Waals surface area contributed by atoms with E-state index < -0.39 is 0 Å². The summed E-state index contributed by atoms with van der Waals surface area (Å²) in [6, 6.07) is 12.1. The Balaban J connectivity index is 1.78. The minimum absolute atomic E-state index is 0.0353. The summed E-state index contributed by atoms with van der Waals surface area (Å²) < 4.78 is 4.99. The van der Waals surface area contributed by atoms with Crippen LogP contribution in [0, 0.1) is 0 Å². The normalized spacial score (nSPS) is 12.6. The van der Waals surface area contributed by atoms with Crippen LogP contribution in [0.25, 0.3) is 0 Å². The van der Waals surface area contributed by atoms with Crippen molar-refractivity contribution in [3.63, 3.8) is 0 Å². The standard InChI is InChI=1S/C13H16N2O/c14-13(12-4-2-1-3-5-12)9-15-8-11-6-7-16-10-11/h1-7,10,13,15H,8-9,14H2/t13-/m1/s1. The van der Waals surface area contributed by atoms with Gasteiger partial charge in [-0.15, -0.1) is 0 Å². The van der Waals surface area contributed by atoms with Crippen LogP contribution in [0.3, 0.4) is 0 Å². The number of nitrogens with two attached hydrogens (primary N) is 1. The Morgan fingerprint density at radius 2 is 2.00 bits per heavy atom. The zero-order valence-electron chi connectivity index (χ0n) is 9.10. The van der Waals surface area contributed by atoms with Crippen LogP contribution in [0.4, 0.5) is 0 Å². The molecule has 1 aromatic heterocycles. The molecular weight excluding hydrogens is 200 g/mol. The quantitative estimate of drug-likeness (QED) is 0.804. The smallest absolute Gasteiger partial charge is 0.0947 e. The van der Waals surface area contributed by atoms with Gasteiger partial charge in [0.15, 0.2) is 0 Å². The molecule has 16 heavy (non-hydrogen) atoms. The number of nitrogens with one attached hydrogen (secondary N) is 1. The summed E-state index contributed by atoms with van der Waals surface area (Å²) in [5, 5.41) is 3.30. The van der Waals surface area contributed by atoms with Crippen molar-refractivity contribution in [2.24, 2.45) is 5.73 Å². The van der Waals surface area contributed by atoms with E-state index in [0.717, 1.165) is 24.2 Å². The second-order valence-electron chi connectivity index (χ2n) is 3.78. The predicted octanol–water partition coefficient (Wildman–Crippen LogP) is 2.07. The van der Waals surface area contributed by atoms with Crippen molar-refractivity contribution >= 4 is 0 Å². The molecule has 2 rings (SSSR count). The van der Waals surface area contributed by atoms with Crippen molar-refractivity contribution in [2.75, 3.05) is 6.54 Å². The summed E-state index contributed by atoms with van der Waals surface area (Å²) in [7, 11) is 0. The maximum Gasteiger partial charge on any atom is 0.0947 e. The van der Waals surface area contributed by atoms with Crippen LogP contribution >= 0.6 is 0 Å². The molecular formula is C13H16N2O. The van der Waals surface area contributed by atoms with Crippen molar-refractivity contribution in [1.82, 2.24) is 5.32 Å². The van der Waals surface area contributed by atoms with Gasteiger partial charge >= 0.3 is 0 Å². The van der Waals surface area contributed by atoms with Crippen molar-refractivity contribution < 1.29 is 4.42 Å². The molecule has 0 bridgehead atoms. The second kappa shape index (κ2) is 5.49. The van der Waals surface area contributed by atoms with Gasteiger partial charge in [0.2, 0.25) is 0 Å². The zero-order chi connectivity index (χ0) is 11.2. The molecule has 0 aliphatic carbocycles. The van der Waals surface area contributed by atoms with Crippen molar-refractivity contribution in [2.45, 2.75) is 12.6 Å². The van der Waals surface area contributed by atoms with Crippen LogP contribution in [-0.2, 0) is 6.54 Å². The van der Waals surface area contributed by atoms with E-state index in [0.29, 0.717) is 0 Å². The Bertz CT molecular complexity index is 397. The van der Waals surface area contributed by atoms with E-state index in [4.69, 9.17) is 10.2 Å². The van der Waals surface area contributed by atoms with Crippen LogP contribution < -0.4 is 11.1 Å². The van der Waals surface area contributed by atoms with Crippen molar-refractivity contribution in [3.8, 4) is 0 Å². The summed E-state index contributed by atoms with van der Waals surface area (Å²) in [5.74, 6) is 0. The lowest BCUT2D eigenvalue weighted by molar-refractivity contribution is 0.555. The highest BCUT2D eigenvalue weighted by Gasteiger charge is 2.04. The monoisotopic (exact) mass is 216 g/mol. The molecule has 0 saturated heterocycles. The Kier molecular flexibility index (Phi) is 3.75. The summed E-state index contributed by atoms with van der Waals surface area (Å²) in [4.78, 5) is 0. The minimum Gasteiger partial charge on any atom is -0.472 e. The third-order valence-electron chi connectivity index (χ3n) is 2.50. The Morgan fingerprint density at radius 1 is 1.19 bits per heavy atom. The lowest BCUT2D eigenvalue weighted by Crippen LogP contribution is -2.26. The first-order valence-corrected chi connectivity index (χ1v) is 5.38. The second-order valence-corrected chi connectivity index (χ2v) is 3.78. The Hall–Kier alpha value is -1.58. The fourth-order valence-corrected chi connectivity index (χ4v) is 1.58. The molecule has 0 aliphatic rings. The average Bonchev–Trinajstić information content (AvgIpc) is 2.83. The molecule has 0 amide bonds. The highest BCUT2D eigenvalue weighted by atomic mass is 16.3.